The molecule has 2 N–H and O–H groups in total. The molecule has 1 heterocycles. The molecule has 0 amide bonds. The van der Waals surface area contributed by atoms with Gasteiger partial charge in [0.2, 0.25) is 5.88 Å². The summed E-state index contributed by atoms with van der Waals surface area (Å²) in [4.78, 5) is 4.51. The van der Waals surface area contributed by atoms with Crippen LogP contribution in [-0.2, 0) is 0 Å². The Morgan fingerprint density at radius 3 is 2.47 bits per heavy atom. The fourth-order valence-electron chi connectivity index (χ4n) is 1.79. The number of pyridine rings is 1. The van der Waals surface area contributed by atoms with E-state index in [1.165, 1.54) is 24.3 Å². The molecule has 0 spiro atoms. The predicted octanol–water partition coefficient (Wildman–Crippen LogP) is 3.26. The summed E-state index contributed by atoms with van der Waals surface area (Å²) in [7, 11) is 0. The molecule has 0 saturated heterocycles. The molecule has 0 saturated carbocycles. The number of benzene rings is 1. The molecule has 2 rings (SSSR count). The molecule has 0 bridgehead atoms. The summed E-state index contributed by atoms with van der Waals surface area (Å²) >= 11 is 5.02. The maximum absolute atomic E-state index is 12.8. The van der Waals surface area contributed by atoms with Crippen molar-refractivity contribution in [3.05, 3.63) is 53.0 Å². The number of nitrogens with two attached hydrogens (primary N) is 1. The van der Waals surface area contributed by atoms with Crippen molar-refractivity contribution < 1.29 is 9.13 Å². The van der Waals surface area contributed by atoms with Crippen LogP contribution in [0.1, 0.15) is 16.8 Å². The van der Waals surface area contributed by atoms with Crippen molar-refractivity contribution in [1.29, 1.82) is 0 Å². The van der Waals surface area contributed by atoms with Crippen LogP contribution in [0.25, 0.3) is 0 Å². The molecular formula is C14H13FN2OS. The fraction of sp³-hybridized carbons (Fsp3) is 0.143. The number of halogens is 1. The number of hydrogen-bond acceptors (Lipinski definition) is 3. The molecule has 0 radical (unpaired) electrons. The van der Waals surface area contributed by atoms with Crippen molar-refractivity contribution >= 4 is 17.2 Å². The van der Waals surface area contributed by atoms with Crippen LogP contribution in [0.2, 0.25) is 0 Å². The Morgan fingerprint density at radius 1 is 1.26 bits per heavy atom. The molecule has 19 heavy (non-hydrogen) atoms. The highest BCUT2D eigenvalue weighted by Crippen LogP contribution is 2.26. The average molecular weight is 276 g/mol. The zero-order valence-electron chi connectivity index (χ0n) is 10.6. The molecule has 0 aliphatic heterocycles. The van der Waals surface area contributed by atoms with Crippen LogP contribution in [-0.4, -0.2) is 9.97 Å². The number of thiocarbonyl (C=S) groups is 1. The number of aryl methyl sites for hydroxylation is 2. The summed E-state index contributed by atoms with van der Waals surface area (Å²) in [6.07, 6.45) is 0. The second kappa shape index (κ2) is 5.32. The van der Waals surface area contributed by atoms with Gasteiger partial charge >= 0.3 is 0 Å². The van der Waals surface area contributed by atoms with Gasteiger partial charge in [-0.2, -0.15) is 0 Å². The first-order valence-corrected chi connectivity index (χ1v) is 6.09. The van der Waals surface area contributed by atoms with E-state index in [2.05, 4.69) is 4.98 Å². The van der Waals surface area contributed by atoms with E-state index in [0.29, 0.717) is 17.2 Å². The Hall–Kier alpha value is -2.01. The lowest BCUT2D eigenvalue weighted by molar-refractivity contribution is 0.458. The van der Waals surface area contributed by atoms with Gasteiger partial charge in [-0.1, -0.05) is 12.2 Å². The van der Waals surface area contributed by atoms with E-state index < -0.39 is 0 Å². The van der Waals surface area contributed by atoms with Crippen LogP contribution in [0.4, 0.5) is 4.39 Å². The van der Waals surface area contributed by atoms with Crippen LogP contribution in [0, 0.1) is 19.7 Å². The van der Waals surface area contributed by atoms with E-state index in [4.69, 9.17) is 22.7 Å². The van der Waals surface area contributed by atoms with Gasteiger partial charge in [-0.25, -0.2) is 9.37 Å². The number of aromatic nitrogens is 1. The van der Waals surface area contributed by atoms with E-state index in [1.807, 2.05) is 19.9 Å². The lowest BCUT2D eigenvalue weighted by atomic mass is 10.1. The van der Waals surface area contributed by atoms with Gasteiger partial charge in [-0.05, 0) is 49.7 Å². The third kappa shape index (κ3) is 3.06. The Balaban J connectivity index is 2.44. The van der Waals surface area contributed by atoms with Crippen molar-refractivity contribution in [2.45, 2.75) is 13.8 Å². The van der Waals surface area contributed by atoms with Gasteiger partial charge < -0.3 is 10.5 Å². The summed E-state index contributed by atoms with van der Waals surface area (Å²) < 4.78 is 18.5. The smallest absolute Gasteiger partial charge is 0.229 e. The van der Waals surface area contributed by atoms with Gasteiger partial charge in [0.15, 0.2) is 0 Å². The minimum Gasteiger partial charge on any atom is -0.438 e. The molecule has 3 nitrogen and oxygen atoms in total. The maximum atomic E-state index is 12.8. The van der Waals surface area contributed by atoms with Crippen molar-refractivity contribution in [2.75, 3.05) is 0 Å². The lowest BCUT2D eigenvalue weighted by Crippen LogP contribution is -2.14. The summed E-state index contributed by atoms with van der Waals surface area (Å²) in [5.74, 6) is 0.503. The maximum Gasteiger partial charge on any atom is 0.229 e. The standard InChI is InChI=1S/C14H13FN2OS/c1-8-7-9(2)17-14(12(8)13(16)19)18-11-5-3-10(15)4-6-11/h3-7H,1-2H3,(H2,16,19). The van der Waals surface area contributed by atoms with Crippen molar-refractivity contribution in [1.82, 2.24) is 4.98 Å². The molecule has 0 atom stereocenters. The van der Waals surface area contributed by atoms with Crippen LogP contribution in [0.5, 0.6) is 11.6 Å². The summed E-state index contributed by atoms with van der Waals surface area (Å²) in [6, 6.07) is 7.57. The molecule has 0 aliphatic carbocycles. The quantitative estimate of drug-likeness (QED) is 0.874. The van der Waals surface area contributed by atoms with Crippen LogP contribution in [0.3, 0.4) is 0 Å². The van der Waals surface area contributed by atoms with Gasteiger partial charge in [0, 0.05) is 5.69 Å². The van der Waals surface area contributed by atoms with E-state index in [1.54, 1.807) is 0 Å². The first kappa shape index (κ1) is 13.4. The SMILES string of the molecule is Cc1cc(C)c(C(N)=S)c(Oc2ccc(F)cc2)n1. The summed E-state index contributed by atoms with van der Waals surface area (Å²) in [5.41, 5.74) is 8.00. The normalized spacial score (nSPS) is 10.3. The third-order valence-electron chi connectivity index (χ3n) is 2.59. The molecule has 2 aromatic rings. The Kier molecular flexibility index (Phi) is 3.76. The third-order valence-corrected chi connectivity index (χ3v) is 2.79. The van der Waals surface area contributed by atoms with Crippen molar-refractivity contribution in [3.63, 3.8) is 0 Å². The van der Waals surface area contributed by atoms with Crippen LogP contribution < -0.4 is 10.5 Å². The molecule has 0 aliphatic rings. The van der Waals surface area contributed by atoms with E-state index in [9.17, 15) is 4.39 Å². The average Bonchev–Trinajstić information content (AvgIpc) is 2.30. The first-order chi connectivity index (χ1) is 8.97. The van der Waals surface area contributed by atoms with Crippen molar-refractivity contribution in [2.24, 2.45) is 5.73 Å². The van der Waals surface area contributed by atoms with Gasteiger partial charge in [0.1, 0.15) is 16.6 Å². The Morgan fingerprint density at radius 2 is 1.89 bits per heavy atom. The van der Waals surface area contributed by atoms with Gasteiger partial charge in [0.05, 0.1) is 5.56 Å². The van der Waals surface area contributed by atoms with Crippen LogP contribution in [0.15, 0.2) is 30.3 Å². The number of hydrogen-bond donors (Lipinski definition) is 1. The zero-order valence-corrected chi connectivity index (χ0v) is 11.4. The van der Waals surface area contributed by atoms with Crippen LogP contribution >= 0.6 is 12.2 Å². The largest absolute Gasteiger partial charge is 0.438 e. The first-order valence-electron chi connectivity index (χ1n) is 5.69. The van der Waals surface area contributed by atoms with E-state index in [-0.39, 0.29) is 10.8 Å². The monoisotopic (exact) mass is 276 g/mol. The molecule has 1 aromatic heterocycles. The number of nitrogens with zero attached hydrogens (tertiary/aromatic N) is 1. The highest BCUT2D eigenvalue weighted by molar-refractivity contribution is 7.80. The molecule has 1 aromatic carbocycles. The van der Waals surface area contributed by atoms with E-state index >= 15 is 0 Å². The second-order valence-electron chi connectivity index (χ2n) is 4.18. The Bertz CT molecular complexity index is 626. The summed E-state index contributed by atoms with van der Waals surface area (Å²) in [6.45, 7) is 3.74. The predicted molar refractivity (Wildman–Crippen MR) is 76.1 cm³/mol. The van der Waals surface area contributed by atoms with Gasteiger partial charge in [-0.15, -0.1) is 0 Å². The highest BCUT2D eigenvalue weighted by atomic mass is 32.1. The Labute approximate surface area is 116 Å². The molecule has 5 heteroatoms. The van der Waals surface area contributed by atoms with E-state index in [0.717, 1.165) is 11.3 Å². The molecule has 0 fully saturated rings. The molecule has 98 valence electrons. The zero-order chi connectivity index (χ0) is 14.0. The number of rotatable bonds is 3. The minimum absolute atomic E-state index is 0.224. The van der Waals surface area contributed by atoms with Gasteiger partial charge in [0.25, 0.3) is 0 Å². The molecular weight excluding hydrogens is 263 g/mol. The topological polar surface area (TPSA) is 48.1 Å². The number of ether oxygens (including phenoxy) is 1. The minimum atomic E-state index is -0.324. The lowest BCUT2D eigenvalue weighted by Gasteiger charge is -2.12. The summed E-state index contributed by atoms with van der Waals surface area (Å²) in [5, 5.41) is 0. The van der Waals surface area contributed by atoms with Crippen molar-refractivity contribution in [3.8, 4) is 11.6 Å². The fourth-order valence-corrected chi connectivity index (χ4v) is 2.04. The van der Waals surface area contributed by atoms with Gasteiger partial charge in [-0.3, -0.25) is 0 Å². The second-order valence-corrected chi connectivity index (χ2v) is 4.62. The highest BCUT2D eigenvalue weighted by Gasteiger charge is 2.13. The molecule has 0 unspecified atom stereocenters.